The summed E-state index contributed by atoms with van der Waals surface area (Å²) in [5.41, 5.74) is 1.16. The lowest BCUT2D eigenvalue weighted by atomic mass is 10.1. The Kier molecular flexibility index (Phi) is 4.93. The second-order valence-corrected chi connectivity index (χ2v) is 9.03. The van der Waals surface area contributed by atoms with Gasteiger partial charge in [-0.1, -0.05) is 53.2 Å². The van der Waals surface area contributed by atoms with E-state index in [1.807, 2.05) is 30.3 Å². The molecule has 0 aliphatic carbocycles. The second-order valence-electron chi connectivity index (χ2n) is 7.37. The number of rotatable bonds is 4. The third-order valence-electron chi connectivity index (χ3n) is 5.35. The zero-order valence-electron chi connectivity index (χ0n) is 16.8. The van der Waals surface area contributed by atoms with Crippen LogP contribution in [0, 0.1) is 0 Å². The molecule has 2 aromatic carbocycles. The van der Waals surface area contributed by atoms with Gasteiger partial charge in [0.15, 0.2) is 5.84 Å². The minimum Gasteiger partial charge on any atom is -0.506 e. The first-order chi connectivity index (χ1) is 15.5. The number of nitrogens with one attached hydrogen (secondary N) is 1. The van der Waals surface area contributed by atoms with Crippen molar-refractivity contribution in [1.82, 2.24) is 9.55 Å². The lowest BCUT2D eigenvalue weighted by Gasteiger charge is -2.34. The van der Waals surface area contributed by atoms with Crippen molar-refractivity contribution in [3.63, 3.8) is 0 Å². The molecule has 0 saturated carbocycles. The van der Waals surface area contributed by atoms with Crippen LogP contribution in [0.3, 0.4) is 0 Å². The number of aryl methyl sites for hydroxylation is 2. The third kappa shape index (κ3) is 3.42. The number of benzene rings is 2. The van der Waals surface area contributed by atoms with E-state index in [2.05, 4.69) is 14.7 Å². The van der Waals surface area contributed by atoms with Gasteiger partial charge in [-0.05, 0) is 36.2 Å². The second kappa shape index (κ2) is 7.79. The van der Waals surface area contributed by atoms with Crippen molar-refractivity contribution in [2.75, 3.05) is 5.32 Å². The molecule has 0 amide bonds. The van der Waals surface area contributed by atoms with Crippen LogP contribution in [0.1, 0.15) is 11.1 Å². The van der Waals surface area contributed by atoms with Crippen LogP contribution in [0.5, 0.6) is 5.75 Å². The van der Waals surface area contributed by atoms with Crippen molar-refractivity contribution in [1.29, 1.82) is 0 Å². The first kappa shape index (κ1) is 20.3. The molecule has 4 aromatic rings. The molecule has 0 fully saturated rings. The van der Waals surface area contributed by atoms with Crippen LogP contribution >= 0.6 is 10.8 Å². The predicted octanol–water partition coefficient (Wildman–Crippen LogP) is 4.24. The normalized spacial score (nSPS) is 15.5. The van der Waals surface area contributed by atoms with Crippen LogP contribution in [-0.2, 0) is 13.0 Å². The van der Waals surface area contributed by atoms with Crippen LogP contribution in [0.4, 0.5) is 5.69 Å². The molecule has 0 unspecified atom stereocenters. The van der Waals surface area contributed by atoms with Crippen molar-refractivity contribution in [3.8, 4) is 5.75 Å². The van der Waals surface area contributed by atoms with Gasteiger partial charge in [-0.2, -0.15) is 0 Å². The largest absolute Gasteiger partial charge is 0.506 e. The van der Waals surface area contributed by atoms with Crippen molar-refractivity contribution >= 4 is 33.3 Å². The summed E-state index contributed by atoms with van der Waals surface area (Å²) in [6.07, 6.45) is 2.14. The van der Waals surface area contributed by atoms with Gasteiger partial charge < -0.3 is 10.4 Å². The zero-order valence-corrected chi connectivity index (χ0v) is 17.7. The number of hydrogen-bond donors (Lipinski definition) is 4. The Labute approximate surface area is 185 Å². The standard InChI is InChI=1S/C23H20N4O4S/c28-20-16-9-6-13-24-22(16)27(14-12-15-7-2-1-3-8-15)23(29)19(20)21-25-17-10-4-5-11-18(17)32(30,31)26-21/h1-11,13,28,30-31H,12,14H2,(H,25,26). The Morgan fingerprint density at radius 1 is 0.969 bits per heavy atom. The number of anilines is 1. The maximum absolute atomic E-state index is 13.5. The van der Waals surface area contributed by atoms with E-state index in [4.69, 9.17) is 0 Å². The van der Waals surface area contributed by atoms with E-state index >= 15 is 0 Å². The summed E-state index contributed by atoms with van der Waals surface area (Å²) in [7, 11) is -3.54. The monoisotopic (exact) mass is 448 g/mol. The van der Waals surface area contributed by atoms with Crippen molar-refractivity contribution < 1.29 is 14.2 Å². The molecule has 4 N–H and O–H groups in total. The van der Waals surface area contributed by atoms with Gasteiger partial charge in [-0.25, -0.2) is 4.98 Å². The van der Waals surface area contributed by atoms with Crippen molar-refractivity contribution in [2.24, 2.45) is 4.40 Å². The molecule has 9 heteroatoms. The van der Waals surface area contributed by atoms with Crippen LogP contribution in [-0.4, -0.2) is 29.6 Å². The van der Waals surface area contributed by atoms with Gasteiger partial charge in [0.1, 0.15) is 21.9 Å². The highest BCUT2D eigenvalue weighted by molar-refractivity contribution is 8.23. The number of fused-ring (bicyclic) bond motifs is 2. The van der Waals surface area contributed by atoms with Crippen molar-refractivity contribution in [3.05, 3.63) is 94.4 Å². The fourth-order valence-electron chi connectivity index (χ4n) is 3.81. The van der Waals surface area contributed by atoms with Gasteiger partial charge >= 0.3 is 0 Å². The molecular weight excluding hydrogens is 428 g/mol. The zero-order chi connectivity index (χ0) is 22.3. The van der Waals surface area contributed by atoms with E-state index in [9.17, 15) is 19.0 Å². The number of aromatic hydroxyl groups is 1. The molecule has 1 aliphatic rings. The summed E-state index contributed by atoms with van der Waals surface area (Å²) in [5, 5.41) is 14.3. The Hall–Kier alpha value is -3.66. The van der Waals surface area contributed by atoms with Gasteiger partial charge in [0.05, 0.1) is 11.1 Å². The molecular formula is C23H20N4O4S. The van der Waals surface area contributed by atoms with Gasteiger partial charge in [-0.15, -0.1) is 4.40 Å². The summed E-state index contributed by atoms with van der Waals surface area (Å²) < 4.78 is 26.7. The Morgan fingerprint density at radius 2 is 1.72 bits per heavy atom. The molecule has 8 nitrogen and oxygen atoms in total. The maximum atomic E-state index is 13.5. The van der Waals surface area contributed by atoms with Crippen LogP contribution in [0.2, 0.25) is 0 Å². The summed E-state index contributed by atoms with van der Waals surface area (Å²) >= 11 is 0. The molecule has 162 valence electrons. The topological polar surface area (TPSA) is 120 Å². The molecule has 0 atom stereocenters. The Bertz CT molecular complexity index is 1420. The van der Waals surface area contributed by atoms with E-state index in [-0.39, 0.29) is 22.0 Å². The average molecular weight is 449 g/mol. The van der Waals surface area contributed by atoms with E-state index < -0.39 is 16.3 Å². The van der Waals surface area contributed by atoms with Crippen LogP contribution < -0.4 is 10.9 Å². The molecule has 32 heavy (non-hydrogen) atoms. The lowest BCUT2D eigenvalue weighted by Crippen LogP contribution is -2.32. The number of aromatic nitrogens is 2. The Balaban J connectivity index is 1.68. The summed E-state index contributed by atoms with van der Waals surface area (Å²) in [4.78, 5) is 18.1. The van der Waals surface area contributed by atoms with Gasteiger partial charge in [0, 0.05) is 12.7 Å². The summed E-state index contributed by atoms with van der Waals surface area (Å²) in [6.45, 7) is 0.323. The first-order valence-corrected chi connectivity index (χ1v) is 11.4. The molecule has 0 spiro atoms. The lowest BCUT2D eigenvalue weighted by molar-refractivity contribution is 0.476. The number of amidine groups is 1. The van der Waals surface area contributed by atoms with E-state index in [0.717, 1.165) is 5.56 Å². The molecule has 3 heterocycles. The summed E-state index contributed by atoms with van der Waals surface area (Å²) in [5.74, 6) is -0.402. The quantitative estimate of drug-likeness (QED) is 0.371. The number of para-hydroxylation sites is 1. The minimum atomic E-state index is -3.54. The van der Waals surface area contributed by atoms with Gasteiger partial charge in [0.25, 0.3) is 5.56 Å². The molecule has 0 saturated heterocycles. The fraction of sp³-hybridized carbons (Fsp3) is 0.0870. The highest BCUT2D eigenvalue weighted by atomic mass is 32.3. The highest BCUT2D eigenvalue weighted by Gasteiger charge is 2.30. The smallest absolute Gasteiger partial charge is 0.267 e. The van der Waals surface area contributed by atoms with E-state index in [1.54, 1.807) is 42.6 Å². The molecule has 0 bridgehead atoms. The molecule has 2 aromatic heterocycles. The minimum absolute atomic E-state index is 0.0922. The third-order valence-corrected chi connectivity index (χ3v) is 6.73. The highest BCUT2D eigenvalue weighted by Crippen LogP contribution is 2.55. The Morgan fingerprint density at radius 3 is 2.53 bits per heavy atom. The van der Waals surface area contributed by atoms with Crippen LogP contribution in [0.25, 0.3) is 11.0 Å². The molecule has 0 radical (unpaired) electrons. The van der Waals surface area contributed by atoms with E-state index in [0.29, 0.717) is 29.7 Å². The molecule has 5 rings (SSSR count). The van der Waals surface area contributed by atoms with Crippen molar-refractivity contribution in [2.45, 2.75) is 17.9 Å². The maximum Gasteiger partial charge on any atom is 0.267 e. The molecule has 1 aliphatic heterocycles. The van der Waals surface area contributed by atoms with E-state index in [1.165, 1.54) is 4.57 Å². The number of pyridine rings is 2. The van der Waals surface area contributed by atoms with Gasteiger partial charge in [-0.3, -0.25) is 18.5 Å². The van der Waals surface area contributed by atoms with Crippen LogP contribution in [0.15, 0.2) is 87.0 Å². The summed E-state index contributed by atoms with van der Waals surface area (Å²) in [6, 6.07) is 19.7. The van der Waals surface area contributed by atoms with Gasteiger partial charge in [0.2, 0.25) is 0 Å². The predicted molar refractivity (Wildman–Crippen MR) is 126 cm³/mol. The number of nitrogens with zero attached hydrogens (tertiary/aromatic N) is 3. The number of hydrogen-bond acceptors (Lipinski definition) is 7. The first-order valence-electron chi connectivity index (χ1n) is 9.95. The average Bonchev–Trinajstić information content (AvgIpc) is 2.79. The SMILES string of the molecule is O=c1c(C2=NS(O)(O)c3ccccc3N2)c(O)c2cccnc2n1CCc1ccccc1. The fourth-order valence-corrected chi connectivity index (χ4v) is 4.98.